The van der Waals surface area contributed by atoms with E-state index in [-0.39, 0.29) is 28.9 Å². The van der Waals surface area contributed by atoms with Gasteiger partial charge in [0.1, 0.15) is 10.6 Å². The van der Waals surface area contributed by atoms with E-state index >= 15 is 0 Å². The highest BCUT2D eigenvalue weighted by atomic mass is 32.2. The molecule has 0 fully saturated rings. The summed E-state index contributed by atoms with van der Waals surface area (Å²) in [6.07, 6.45) is -0.373. The van der Waals surface area contributed by atoms with Crippen molar-refractivity contribution in [2.24, 2.45) is 0 Å². The van der Waals surface area contributed by atoms with Crippen molar-refractivity contribution in [2.45, 2.75) is 64.1 Å². The van der Waals surface area contributed by atoms with Crippen LogP contribution in [0.15, 0.2) is 39.8 Å². The molecular weight excluding hydrogens is 410 g/mol. The van der Waals surface area contributed by atoms with Crippen LogP contribution in [0.2, 0.25) is 0 Å². The van der Waals surface area contributed by atoms with E-state index in [1.165, 1.54) is 20.8 Å². The summed E-state index contributed by atoms with van der Waals surface area (Å²) in [5.41, 5.74) is 0.901. The molecule has 9 nitrogen and oxygen atoms in total. The third kappa shape index (κ3) is 6.14. The van der Waals surface area contributed by atoms with Crippen molar-refractivity contribution in [2.75, 3.05) is 0 Å². The summed E-state index contributed by atoms with van der Waals surface area (Å²) < 4.78 is 37.7. The van der Waals surface area contributed by atoms with E-state index in [9.17, 15) is 18.0 Å². The fraction of sp³-hybridized carbons (Fsp3) is 0.450. The SMILES string of the molecule is Cc1noc(C)c1S(=O)(=O)N[C@@H](C)C(=O)NC(CC(=O)OC(C)C)c1ccccc1. The molecule has 0 saturated carbocycles. The standard InChI is InChI=1S/C20H27N3O6S/c1-12(2)28-18(24)11-17(16-9-7-6-8-10-16)21-20(25)14(4)23-30(26,27)19-13(3)22-29-15(19)5/h6-10,12,14,17,23H,11H2,1-5H3,(H,21,25)/t14-,17?/m0/s1. The van der Waals surface area contributed by atoms with E-state index in [1.807, 2.05) is 6.07 Å². The first-order valence-corrected chi connectivity index (χ1v) is 11.0. The van der Waals surface area contributed by atoms with Gasteiger partial charge in [0, 0.05) is 0 Å². The maximum absolute atomic E-state index is 12.7. The largest absolute Gasteiger partial charge is 0.463 e. The van der Waals surface area contributed by atoms with Gasteiger partial charge < -0.3 is 14.6 Å². The third-order valence-corrected chi connectivity index (χ3v) is 6.00. The van der Waals surface area contributed by atoms with E-state index in [1.54, 1.807) is 38.1 Å². The van der Waals surface area contributed by atoms with Gasteiger partial charge in [-0.2, -0.15) is 4.72 Å². The second-order valence-electron chi connectivity index (χ2n) is 7.21. The molecular formula is C20H27N3O6S. The number of rotatable bonds is 9. The first-order chi connectivity index (χ1) is 14.0. The van der Waals surface area contributed by atoms with Gasteiger partial charge in [-0.3, -0.25) is 9.59 Å². The lowest BCUT2D eigenvalue weighted by Crippen LogP contribution is -2.46. The number of nitrogens with zero attached hydrogens (tertiary/aromatic N) is 1. The molecule has 0 aliphatic heterocycles. The number of nitrogens with one attached hydrogen (secondary N) is 2. The number of carbonyl (C=O) groups is 2. The van der Waals surface area contributed by atoms with Crippen LogP contribution in [0, 0.1) is 13.8 Å². The van der Waals surface area contributed by atoms with Crippen LogP contribution in [0.5, 0.6) is 0 Å². The molecule has 1 unspecified atom stereocenters. The maximum Gasteiger partial charge on any atom is 0.308 e. The lowest BCUT2D eigenvalue weighted by molar-refractivity contribution is -0.148. The summed E-state index contributed by atoms with van der Waals surface area (Å²) in [5, 5.41) is 6.36. The number of carbonyl (C=O) groups excluding carboxylic acids is 2. The fourth-order valence-corrected chi connectivity index (χ4v) is 4.45. The van der Waals surface area contributed by atoms with E-state index in [0.29, 0.717) is 5.56 Å². The lowest BCUT2D eigenvalue weighted by Gasteiger charge is -2.22. The molecule has 0 radical (unpaired) electrons. The van der Waals surface area contributed by atoms with Gasteiger partial charge in [0.2, 0.25) is 15.9 Å². The molecule has 0 aliphatic rings. The van der Waals surface area contributed by atoms with Crippen molar-refractivity contribution >= 4 is 21.9 Å². The van der Waals surface area contributed by atoms with E-state index in [4.69, 9.17) is 9.26 Å². The van der Waals surface area contributed by atoms with Crippen molar-refractivity contribution in [3.8, 4) is 0 Å². The van der Waals surface area contributed by atoms with Crippen LogP contribution < -0.4 is 10.0 Å². The van der Waals surface area contributed by atoms with Crippen LogP contribution in [0.1, 0.15) is 50.3 Å². The molecule has 0 saturated heterocycles. The number of aromatic nitrogens is 1. The molecule has 2 aromatic rings. The normalized spacial score (nSPS) is 13.7. The van der Waals surface area contributed by atoms with Gasteiger partial charge in [-0.25, -0.2) is 8.42 Å². The topological polar surface area (TPSA) is 128 Å². The molecule has 10 heteroatoms. The Morgan fingerprint density at radius 2 is 1.77 bits per heavy atom. The number of benzene rings is 1. The molecule has 2 rings (SSSR count). The zero-order valence-electron chi connectivity index (χ0n) is 17.6. The van der Waals surface area contributed by atoms with Crippen LogP contribution in [0.3, 0.4) is 0 Å². The Hall–Kier alpha value is -2.72. The minimum atomic E-state index is -4.02. The highest BCUT2D eigenvalue weighted by molar-refractivity contribution is 7.89. The van der Waals surface area contributed by atoms with Crippen LogP contribution in [0.25, 0.3) is 0 Å². The van der Waals surface area contributed by atoms with Crippen molar-refractivity contribution in [3.05, 3.63) is 47.3 Å². The van der Waals surface area contributed by atoms with Crippen molar-refractivity contribution in [1.29, 1.82) is 0 Å². The van der Waals surface area contributed by atoms with Gasteiger partial charge in [-0.1, -0.05) is 35.5 Å². The number of hydrogen-bond acceptors (Lipinski definition) is 7. The molecule has 0 bridgehead atoms. The maximum atomic E-state index is 12.7. The first-order valence-electron chi connectivity index (χ1n) is 9.51. The number of esters is 1. The monoisotopic (exact) mass is 437 g/mol. The molecule has 1 amide bonds. The average Bonchev–Trinajstić information content (AvgIpc) is 3.00. The minimum Gasteiger partial charge on any atom is -0.463 e. The van der Waals surface area contributed by atoms with E-state index < -0.39 is 34.0 Å². The van der Waals surface area contributed by atoms with E-state index in [0.717, 1.165) is 0 Å². The van der Waals surface area contributed by atoms with Crippen molar-refractivity contribution in [3.63, 3.8) is 0 Å². The van der Waals surface area contributed by atoms with Gasteiger partial charge >= 0.3 is 5.97 Å². The number of aryl methyl sites for hydroxylation is 2. The van der Waals surface area contributed by atoms with Gasteiger partial charge in [-0.15, -0.1) is 0 Å². The highest BCUT2D eigenvalue weighted by Gasteiger charge is 2.29. The van der Waals surface area contributed by atoms with Crippen molar-refractivity contribution < 1.29 is 27.3 Å². The summed E-state index contributed by atoms with van der Waals surface area (Å²) in [6.45, 7) is 7.87. The Bertz CT molecular complexity index is 966. The number of amides is 1. The fourth-order valence-electron chi connectivity index (χ4n) is 2.92. The summed E-state index contributed by atoms with van der Waals surface area (Å²) in [6, 6.07) is 7.15. The second-order valence-corrected chi connectivity index (χ2v) is 8.86. The van der Waals surface area contributed by atoms with Gasteiger partial charge in [0.05, 0.1) is 24.6 Å². The number of sulfonamides is 1. The zero-order chi connectivity index (χ0) is 22.5. The Labute approximate surface area is 176 Å². The number of ether oxygens (including phenoxy) is 1. The molecule has 2 atom stereocenters. The van der Waals surface area contributed by atoms with Crippen LogP contribution in [-0.4, -0.2) is 37.6 Å². The molecule has 1 aromatic carbocycles. The zero-order valence-corrected chi connectivity index (χ0v) is 18.4. The second kappa shape index (κ2) is 9.86. The third-order valence-electron chi connectivity index (χ3n) is 4.22. The average molecular weight is 438 g/mol. The Kier molecular flexibility index (Phi) is 7.74. The Balaban J connectivity index is 2.15. The Morgan fingerprint density at radius 1 is 1.13 bits per heavy atom. The molecule has 1 heterocycles. The van der Waals surface area contributed by atoms with Gasteiger partial charge in [0.25, 0.3) is 0 Å². The predicted octanol–water partition coefficient (Wildman–Crippen LogP) is 2.16. The quantitative estimate of drug-likeness (QED) is 0.575. The summed E-state index contributed by atoms with van der Waals surface area (Å²) in [5.74, 6) is -0.925. The molecule has 30 heavy (non-hydrogen) atoms. The summed E-state index contributed by atoms with van der Waals surface area (Å²) >= 11 is 0. The first kappa shape index (κ1) is 23.6. The summed E-state index contributed by atoms with van der Waals surface area (Å²) in [4.78, 5) is 24.8. The van der Waals surface area contributed by atoms with Gasteiger partial charge in [-0.05, 0) is 40.2 Å². The molecule has 164 valence electrons. The number of hydrogen-bond donors (Lipinski definition) is 2. The molecule has 1 aromatic heterocycles. The molecule has 0 aliphatic carbocycles. The van der Waals surface area contributed by atoms with Crippen LogP contribution >= 0.6 is 0 Å². The van der Waals surface area contributed by atoms with Crippen LogP contribution in [-0.2, 0) is 24.3 Å². The van der Waals surface area contributed by atoms with Gasteiger partial charge in [0.15, 0.2) is 5.76 Å². The molecule has 2 N–H and O–H groups in total. The summed E-state index contributed by atoms with van der Waals surface area (Å²) in [7, 11) is -4.02. The smallest absolute Gasteiger partial charge is 0.308 e. The minimum absolute atomic E-state index is 0.0860. The van der Waals surface area contributed by atoms with E-state index in [2.05, 4.69) is 15.2 Å². The Morgan fingerprint density at radius 3 is 2.30 bits per heavy atom. The highest BCUT2D eigenvalue weighted by Crippen LogP contribution is 2.20. The van der Waals surface area contributed by atoms with Crippen molar-refractivity contribution in [1.82, 2.24) is 15.2 Å². The lowest BCUT2D eigenvalue weighted by atomic mass is 10.0. The predicted molar refractivity (Wildman–Crippen MR) is 109 cm³/mol. The van der Waals surface area contributed by atoms with Crippen LogP contribution in [0.4, 0.5) is 0 Å². The molecule has 0 spiro atoms.